The summed E-state index contributed by atoms with van der Waals surface area (Å²) >= 11 is 8.27. The van der Waals surface area contributed by atoms with E-state index >= 15 is 0 Å². The summed E-state index contributed by atoms with van der Waals surface area (Å²) in [7, 11) is 0. The minimum atomic E-state index is -4.61. The Hall–Kier alpha value is -2.04. The topological polar surface area (TPSA) is 58.1 Å². The van der Waals surface area contributed by atoms with E-state index in [1.807, 2.05) is 6.26 Å². The first-order valence-corrected chi connectivity index (χ1v) is 12.0. The lowest BCUT2D eigenvalue weighted by Crippen LogP contribution is -2.30. The Labute approximate surface area is 190 Å². The average Bonchev–Trinajstić information content (AvgIpc) is 3.18. The molecule has 164 valence electrons. The van der Waals surface area contributed by atoms with Gasteiger partial charge in [-0.3, -0.25) is 4.79 Å². The predicted octanol–water partition coefficient (Wildman–Crippen LogP) is 6.33. The first-order valence-electron chi connectivity index (χ1n) is 9.55. The van der Waals surface area contributed by atoms with E-state index in [1.165, 1.54) is 35.6 Å². The maximum Gasteiger partial charge on any atom is 0.417 e. The summed E-state index contributed by atoms with van der Waals surface area (Å²) in [5.41, 5.74) is -0.975. The zero-order valence-corrected chi connectivity index (χ0v) is 18.8. The summed E-state index contributed by atoms with van der Waals surface area (Å²) in [5, 5.41) is 3.51. The Morgan fingerprint density at radius 3 is 2.61 bits per heavy atom. The quantitative estimate of drug-likeness (QED) is 0.345. The first kappa shape index (κ1) is 22.2. The number of aromatic nitrogens is 2. The Bertz CT molecular complexity index is 1130. The Morgan fingerprint density at radius 1 is 1.19 bits per heavy atom. The van der Waals surface area contributed by atoms with E-state index in [9.17, 15) is 18.0 Å². The van der Waals surface area contributed by atoms with E-state index < -0.39 is 22.7 Å². The lowest BCUT2D eigenvalue weighted by molar-refractivity contribution is -0.137. The van der Waals surface area contributed by atoms with E-state index in [4.69, 9.17) is 11.6 Å². The maximum absolute atomic E-state index is 13.1. The number of nitrogens with one attached hydrogen (secondary N) is 1. The SMILES string of the molecule is CSc1nc(N2CCCCC2)c2cc(C(=O)Nc3ccc(Cl)c(C(F)(F)F)c3)sc2n1. The number of thioether (sulfide) groups is 1. The molecule has 0 spiro atoms. The number of carbonyl (C=O) groups is 1. The molecule has 0 aliphatic carbocycles. The molecule has 2 aromatic heterocycles. The maximum atomic E-state index is 13.1. The van der Waals surface area contributed by atoms with Gasteiger partial charge in [0.25, 0.3) is 5.91 Å². The summed E-state index contributed by atoms with van der Waals surface area (Å²) in [6.07, 6.45) is 0.619. The number of hydrogen-bond acceptors (Lipinski definition) is 6. The third-order valence-corrected chi connectivity index (χ3v) is 6.85. The largest absolute Gasteiger partial charge is 0.417 e. The number of piperidine rings is 1. The molecule has 11 heteroatoms. The van der Waals surface area contributed by atoms with Crippen LogP contribution in [-0.2, 0) is 6.18 Å². The molecule has 0 unspecified atom stereocenters. The number of halogens is 4. The summed E-state index contributed by atoms with van der Waals surface area (Å²) in [6, 6.07) is 5.01. The zero-order valence-electron chi connectivity index (χ0n) is 16.4. The molecule has 0 bridgehead atoms. The van der Waals surface area contributed by atoms with E-state index in [0.717, 1.165) is 49.3 Å². The third kappa shape index (κ3) is 4.75. The van der Waals surface area contributed by atoms with Gasteiger partial charge in [-0.05, 0) is 49.8 Å². The fraction of sp³-hybridized carbons (Fsp3) is 0.350. The number of rotatable bonds is 4. The molecule has 1 aromatic carbocycles. The molecule has 1 aliphatic heterocycles. The van der Waals surface area contributed by atoms with Crippen LogP contribution in [0.5, 0.6) is 0 Å². The molecule has 1 N–H and O–H groups in total. The van der Waals surface area contributed by atoms with Gasteiger partial charge in [-0.2, -0.15) is 13.2 Å². The van der Waals surface area contributed by atoms with Crippen LogP contribution in [0.4, 0.5) is 24.7 Å². The van der Waals surface area contributed by atoms with Gasteiger partial charge in [0, 0.05) is 18.8 Å². The van der Waals surface area contributed by atoms with Crippen molar-refractivity contribution in [1.82, 2.24) is 9.97 Å². The molecule has 3 heterocycles. The molecule has 0 radical (unpaired) electrons. The summed E-state index contributed by atoms with van der Waals surface area (Å²) in [5.74, 6) is 0.295. The van der Waals surface area contributed by atoms with Crippen LogP contribution in [0.3, 0.4) is 0 Å². The van der Waals surface area contributed by atoms with Crippen molar-refractivity contribution in [3.63, 3.8) is 0 Å². The highest BCUT2D eigenvalue weighted by atomic mass is 35.5. The highest BCUT2D eigenvalue weighted by Gasteiger charge is 2.33. The molecule has 4 rings (SSSR count). The highest BCUT2D eigenvalue weighted by molar-refractivity contribution is 7.98. The normalized spacial score (nSPS) is 14.8. The van der Waals surface area contributed by atoms with Crippen LogP contribution < -0.4 is 10.2 Å². The monoisotopic (exact) mass is 486 g/mol. The van der Waals surface area contributed by atoms with E-state index in [-0.39, 0.29) is 5.69 Å². The number of fused-ring (bicyclic) bond motifs is 1. The van der Waals surface area contributed by atoms with Gasteiger partial charge < -0.3 is 10.2 Å². The number of anilines is 2. The molecule has 31 heavy (non-hydrogen) atoms. The van der Waals surface area contributed by atoms with Crippen molar-refractivity contribution in [2.75, 3.05) is 29.6 Å². The van der Waals surface area contributed by atoms with E-state index in [0.29, 0.717) is 14.9 Å². The van der Waals surface area contributed by atoms with Crippen molar-refractivity contribution in [3.05, 3.63) is 39.7 Å². The van der Waals surface area contributed by atoms with Crippen LogP contribution in [0.1, 0.15) is 34.5 Å². The summed E-state index contributed by atoms with van der Waals surface area (Å²) in [4.78, 5) is 25.2. The van der Waals surface area contributed by atoms with Crippen LogP contribution in [0.2, 0.25) is 5.02 Å². The Balaban J connectivity index is 1.66. The van der Waals surface area contributed by atoms with Gasteiger partial charge in [-0.25, -0.2) is 9.97 Å². The van der Waals surface area contributed by atoms with Crippen molar-refractivity contribution in [2.45, 2.75) is 30.6 Å². The number of hydrogen-bond donors (Lipinski definition) is 1. The smallest absolute Gasteiger partial charge is 0.356 e. The van der Waals surface area contributed by atoms with E-state index in [2.05, 4.69) is 20.2 Å². The van der Waals surface area contributed by atoms with Crippen LogP contribution >= 0.6 is 34.7 Å². The zero-order chi connectivity index (χ0) is 22.2. The highest BCUT2D eigenvalue weighted by Crippen LogP contribution is 2.37. The Kier molecular flexibility index (Phi) is 6.32. The van der Waals surface area contributed by atoms with Crippen LogP contribution in [0, 0.1) is 0 Å². The second-order valence-corrected chi connectivity index (χ2v) is 9.27. The number of alkyl halides is 3. The number of benzene rings is 1. The van der Waals surface area contributed by atoms with Gasteiger partial charge >= 0.3 is 6.18 Å². The molecule has 1 amide bonds. The second kappa shape index (κ2) is 8.84. The predicted molar refractivity (Wildman–Crippen MR) is 120 cm³/mol. The van der Waals surface area contributed by atoms with Crippen LogP contribution in [0.15, 0.2) is 29.4 Å². The van der Waals surface area contributed by atoms with Gasteiger partial charge in [0.15, 0.2) is 5.16 Å². The standard InChI is InChI=1S/C20H18ClF3N4OS2/c1-30-19-26-16(28-7-3-2-4-8-28)12-10-15(31-18(12)27-19)17(29)25-11-5-6-14(21)13(9-11)20(22,23)24/h5-6,9-10H,2-4,7-8H2,1H3,(H,25,29). The molecular weight excluding hydrogens is 469 g/mol. The van der Waals surface area contributed by atoms with Crippen molar-refractivity contribution < 1.29 is 18.0 Å². The van der Waals surface area contributed by atoms with Crippen molar-refractivity contribution in [3.8, 4) is 0 Å². The lowest BCUT2D eigenvalue weighted by atomic mass is 10.1. The van der Waals surface area contributed by atoms with Crippen LogP contribution in [-0.4, -0.2) is 35.2 Å². The molecule has 1 saturated heterocycles. The number of nitrogens with zero attached hydrogens (tertiary/aromatic N) is 3. The number of thiophene rings is 1. The van der Waals surface area contributed by atoms with Gasteiger partial charge in [0.1, 0.15) is 10.6 Å². The Morgan fingerprint density at radius 2 is 1.94 bits per heavy atom. The second-order valence-electron chi connectivity index (χ2n) is 7.06. The number of carbonyl (C=O) groups excluding carboxylic acids is 1. The number of amides is 1. The minimum absolute atomic E-state index is 0.0197. The molecule has 3 aromatic rings. The van der Waals surface area contributed by atoms with Gasteiger partial charge in [0.2, 0.25) is 0 Å². The molecule has 5 nitrogen and oxygen atoms in total. The van der Waals surface area contributed by atoms with Gasteiger partial charge in [-0.15, -0.1) is 11.3 Å². The van der Waals surface area contributed by atoms with Crippen molar-refractivity contribution >= 4 is 62.3 Å². The lowest BCUT2D eigenvalue weighted by Gasteiger charge is -2.28. The molecule has 1 aliphatic rings. The molecule has 0 saturated carbocycles. The van der Waals surface area contributed by atoms with Gasteiger partial charge in [0.05, 0.1) is 20.8 Å². The van der Waals surface area contributed by atoms with Gasteiger partial charge in [-0.1, -0.05) is 23.4 Å². The summed E-state index contributed by atoms with van der Waals surface area (Å²) < 4.78 is 39.3. The molecular formula is C20H18ClF3N4OS2. The van der Waals surface area contributed by atoms with E-state index in [1.54, 1.807) is 6.07 Å². The molecule has 0 atom stereocenters. The fourth-order valence-electron chi connectivity index (χ4n) is 3.45. The first-order chi connectivity index (χ1) is 14.8. The fourth-order valence-corrected chi connectivity index (χ4v) is 5.01. The minimum Gasteiger partial charge on any atom is -0.356 e. The third-order valence-electron chi connectivity index (χ3n) is 4.94. The average molecular weight is 487 g/mol. The molecule has 1 fully saturated rings. The summed E-state index contributed by atoms with van der Waals surface area (Å²) in [6.45, 7) is 1.78. The van der Waals surface area contributed by atoms with Crippen LogP contribution in [0.25, 0.3) is 10.2 Å². The van der Waals surface area contributed by atoms with Crippen molar-refractivity contribution in [1.29, 1.82) is 0 Å². The van der Waals surface area contributed by atoms with Crippen molar-refractivity contribution in [2.24, 2.45) is 0 Å².